The van der Waals surface area contributed by atoms with Gasteiger partial charge in [-0.05, 0) is 76.2 Å². The first kappa shape index (κ1) is 60.8. The van der Waals surface area contributed by atoms with Crippen molar-refractivity contribution in [1.29, 1.82) is 0 Å². The Labute approximate surface area is 435 Å². The van der Waals surface area contributed by atoms with Gasteiger partial charge in [-0.25, -0.2) is 4.79 Å². The lowest BCUT2D eigenvalue weighted by atomic mass is 9.97. The van der Waals surface area contributed by atoms with Gasteiger partial charge in [0, 0.05) is 19.6 Å². The Balaban J connectivity index is 1.39. The molecule has 0 unspecified atom stereocenters. The van der Waals surface area contributed by atoms with E-state index in [0.29, 0.717) is 32.1 Å². The molecule has 13 atom stereocenters. The van der Waals surface area contributed by atoms with Crippen molar-refractivity contribution in [2.45, 2.75) is 172 Å². The highest BCUT2D eigenvalue weighted by atomic mass is 16.4. The summed E-state index contributed by atoms with van der Waals surface area (Å²) in [5, 5.41) is 55.2. The number of aliphatic carboxylic acids is 2. The normalized spacial score (nSPS) is 21.4. The number of carbonyl (C=O) groups is 11. The number of hydrogen-bond acceptors (Lipinski definition) is 14. The van der Waals surface area contributed by atoms with E-state index in [1.807, 2.05) is 18.2 Å². The molecule has 9 amide bonds. The number of carboxylic acids is 2. The molecule has 0 radical (unpaired) electrons. The van der Waals surface area contributed by atoms with Crippen molar-refractivity contribution >= 4 is 65.1 Å². The molecule has 25 nitrogen and oxygen atoms in total. The summed E-state index contributed by atoms with van der Waals surface area (Å²) in [5.41, 5.74) is 7.04. The van der Waals surface area contributed by atoms with Crippen molar-refractivity contribution in [2.75, 3.05) is 26.2 Å². The summed E-state index contributed by atoms with van der Waals surface area (Å²) in [6, 6.07) is -4.19. The molecule has 4 rings (SSSR count). The number of rotatable bonds is 26. The second kappa shape index (κ2) is 28.2. The zero-order valence-corrected chi connectivity index (χ0v) is 43.5. The van der Waals surface area contributed by atoms with Crippen molar-refractivity contribution in [2.24, 2.45) is 17.6 Å². The highest BCUT2D eigenvalue weighted by molar-refractivity contribution is 5.99. The van der Waals surface area contributed by atoms with E-state index in [9.17, 15) is 73.2 Å². The van der Waals surface area contributed by atoms with E-state index >= 15 is 0 Å². The maximum Gasteiger partial charge on any atom is 0.326 e. The zero-order chi connectivity index (χ0) is 55.8. The van der Waals surface area contributed by atoms with E-state index in [1.54, 1.807) is 39.8 Å². The van der Waals surface area contributed by atoms with Crippen LogP contribution in [0.2, 0.25) is 0 Å². The fourth-order valence-corrected chi connectivity index (χ4v) is 9.53. The quantitative estimate of drug-likeness (QED) is 0.0456. The van der Waals surface area contributed by atoms with Crippen LogP contribution in [-0.2, 0) is 59.2 Å². The predicted molar refractivity (Wildman–Crippen MR) is 267 cm³/mol. The van der Waals surface area contributed by atoms with Gasteiger partial charge in [-0.2, -0.15) is 0 Å². The summed E-state index contributed by atoms with van der Waals surface area (Å²) in [6.07, 6.45) is 0.196. The minimum Gasteiger partial charge on any atom is -0.481 e. The molecular formula is C50H76N10O15. The van der Waals surface area contributed by atoms with Crippen LogP contribution in [0.4, 0.5) is 0 Å². The Bertz CT molecular complexity index is 2230. The third-order valence-corrected chi connectivity index (χ3v) is 14.3. The lowest BCUT2D eigenvalue weighted by Gasteiger charge is -2.32. The number of likely N-dealkylation sites (tertiary alicyclic amines) is 3. The number of nitrogens with two attached hydrogens (primary N) is 1. The van der Waals surface area contributed by atoms with Crippen LogP contribution in [0.1, 0.15) is 105 Å². The average molecular weight is 1060 g/mol. The van der Waals surface area contributed by atoms with Gasteiger partial charge in [0.25, 0.3) is 0 Å². The van der Waals surface area contributed by atoms with Gasteiger partial charge in [0.2, 0.25) is 53.2 Å². The number of nitrogens with zero attached hydrogens (tertiary/aromatic N) is 3. The number of hydrogen-bond donors (Lipinski definition) is 11. The molecule has 3 saturated heterocycles. The second-order valence-corrected chi connectivity index (χ2v) is 19.8. The molecule has 0 aliphatic carbocycles. The van der Waals surface area contributed by atoms with Crippen LogP contribution in [0.25, 0.3) is 0 Å². The average Bonchev–Trinajstić information content (AvgIpc) is 4.19. The van der Waals surface area contributed by atoms with Crippen molar-refractivity contribution in [3.8, 4) is 0 Å². The third-order valence-electron chi connectivity index (χ3n) is 14.3. The molecule has 25 heteroatoms. The third kappa shape index (κ3) is 16.1. The van der Waals surface area contributed by atoms with Gasteiger partial charge < -0.3 is 72.8 Å². The first-order valence-electron chi connectivity index (χ1n) is 25.7. The van der Waals surface area contributed by atoms with Crippen LogP contribution < -0.4 is 37.6 Å². The summed E-state index contributed by atoms with van der Waals surface area (Å²) < 4.78 is 0. The van der Waals surface area contributed by atoms with Gasteiger partial charge in [-0.1, -0.05) is 70.9 Å². The molecule has 0 aromatic heterocycles. The van der Waals surface area contributed by atoms with Gasteiger partial charge in [-0.3, -0.25) is 47.9 Å². The van der Waals surface area contributed by atoms with Crippen LogP contribution in [0.5, 0.6) is 0 Å². The van der Waals surface area contributed by atoms with Gasteiger partial charge >= 0.3 is 11.9 Å². The summed E-state index contributed by atoms with van der Waals surface area (Å²) in [5.74, 6) is -11.1. The van der Waals surface area contributed by atoms with E-state index in [-0.39, 0.29) is 45.3 Å². The van der Waals surface area contributed by atoms with E-state index in [0.717, 1.165) is 15.4 Å². The standard InChI is InChI=1S/C50H76N10O15/c1-7-26(3)38(45(69)54-33(25-61)49(73)60-22-14-19-36(60)43(67)56-39(50(74)75)27(4)8-2)55-46(70)40(29(6)62)57-44(68)35-18-12-20-58(35)47(71)28(5)52-41(65)32(24-37(63)64)53-42(66)34-17-13-21-59(34)48(72)31(51)23-30-15-10-9-11-16-30/h9-11,15-16,26-29,31-36,38-40,61-62H,7-8,12-14,17-25,51H2,1-6H3,(H,52,65)(H,53,66)(H,54,69)(H,55,70)(H,56,67)(H,57,68)(H,63,64)(H,74,75)/t26-,27-,28-,29+,31-,32-,33-,34-,35-,36-,38-,39-,40-/m0/s1. The maximum atomic E-state index is 13.9. The van der Waals surface area contributed by atoms with Gasteiger partial charge in [0.05, 0.1) is 25.2 Å². The molecular weight excluding hydrogens is 981 g/mol. The minimum absolute atomic E-state index is 0.0285. The predicted octanol–water partition coefficient (Wildman–Crippen LogP) is -2.52. The number of nitrogens with one attached hydrogen (secondary N) is 6. The number of benzene rings is 1. The molecule has 3 aliphatic rings. The SMILES string of the molecule is CC[C@H](C)[C@H](NC(=O)[C@@H]1CCCN1C(=O)[C@H](CO)NC(=O)[C@@H](NC(=O)[C@@H](NC(=O)[C@@H]1CCCN1C(=O)[C@H](C)NC(=O)[C@H](CC(=O)O)NC(=O)[C@@H]1CCCN1C(=O)[C@@H](N)Cc1ccccc1)[C@@H](C)O)[C@@H](C)CC)C(=O)O. The molecule has 12 N–H and O–H groups in total. The molecule has 1 aromatic rings. The summed E-state index contributed by atoms with van der Waals surface area (Å²) in [7, 11) is 0. The first-order valence-corrected chi connectivity index (χ1v) is 25.7. The highest BCUT2D eigenvalue weighted by Gasteiger charge is 2.43. The number of carboxylic acid groups (broad SMARTS) is 2. The van der Waals surface area contributed by atoms with Crippen molar-refractivity contribution in [3.63, 3.8) is 0 Å². The van der Waals surface area contributed by atoms with Gasteiger partial charge in [0.15, 0.2) is 0 Å². The molecule has 0 spiro atoms. The number of aliphatic hydroxyl groups excluding tert-OH is 2. The molecule has 416 valence electrons. The van der Waals surface area contributed by atoms with Crippen molar-refractivity contribution < 1.29 is 73.2 Å². The van der Waals surface area contributed by atoms with E-state index in [2.05, 4.69) is 31.9 Å². The lowest BCUT2D eigenvalue weighted by molar-refractivity contribution is -0.146. The van der Waals surface area contributed by atoms with Crippen LogP contribution in [0, 0.1) is 11.8 Å². The second-order valence-electron chi connectivity index (χ2n) is 19.8. The Morgan fingerprint density at radius 3 is 1.53 bits per heavy atom. The van der Waals surface area contributed by atoms with Crippen LogP contribution >= 0.6 is 0 Å². The number of carbonyl (C=O) groups excluding carboxylic acids is 9. The highest BCUT2D eigenvalue weighted by Crippen LogP contribution is 2.23. The monoisotopic (exact) mass is 1060 g/mol. The smallest absolute Gasteiger partial charge is 0.326 e. The first-order chi connectivity index (χ1) is 35.4. The molecule has 0 bridgehead atoms. The Hall–Kier alpha value is -6.73. The van der Waals surface area contributed by atoms with Crippen LogP contribution in [-0.4, -0.2) is 193 Å². The van der Waals surface area contributed by atoms with E-state index < -0.39 is 156 Å². The Kier molecular flexibility index (Phi) is 22.9. The van der Waals surface area contributed by atoms with Crippen molar-refractivity contribution in [1.82, 2.24) is 46.6 Å². The summed E-state index contributed by atoms with van der Waals surface area (Å²) >= 11 is 0. The Morgan fingerprint density at radius 2 is 1.05 bits per heavy atom. The minimum atomic E-state index is -1.69. The molecule has 3 fully saturated rings. The number of aliphatic hydroxyl groups is 2. The molecule has 1 aromatic carbocycles. The van der Waals surface area contributed by atoms with Crippen molar-refractivity contribution in [3.05, 3.63) is 35.9 Å². The lowest BCUT2D eigenvalue weighted by Crippen LogP contribution is -2.62. The van der Waals surface area contributed by atoms with E-state index in [1.165, 1.54) is 18.7 Å². The zero-order valence-electron chi connectivity index (χ0n) is 43.5. The van der Waals surface area contributed by atoms with Gasteiger partial charge in [-0.15, -0.1) is 0 Å². The fraction of sp³-hybridized carbons (Fsp3) is 0.660. The molecule has 3 aliphatic heterocycles. The molecule has 75 heavy (non-hydrogen) atoms. The maximum absolute atomic E-state index is 13.9. The fourth-order valence-electron chi connectivity index (χ4n) is 9.53. The Morgan fingerprint density at radius 1 is 0.587 bits per heavy atom. The molecule has 0 saturated carbocycles. The van der Waals surface area contributed by atoms with E-state index in [4.69, 9.17) is 5.73 Å². The molecule has 3 heterocycles. The van der Waals surface area contributed by atoms with Gasteiger partial charge in [0.1, 0.15) is 54.4 Å². The topological polar surface area (TPSA) is 377 Å². The largest absolute Gasteiger partial charge is 0.481 e. The number of amides is 9. The van der Waals surface area contributed by atoms with Crippen LogP contribution in [0.3, 0.4) is 0 Å². The van der Waals surface area contributed by atoms with Crippen LogP contribution in [0.15, 0.2) is 30.3 Å². The summed E-state index contributed by atoms with van der Waals surface area (Å²) in [4.78, 5) is 150. The summed E-state index contributed by atoms with van der Waals surface area (Å²) in [6.45, 7) is 8.68.